The summed E-state index contributed by atoms with van der Waals surface area (Å²) in [6.07, 6.45) is -0.278. The van der Waals surface area contributed by atoms with Crippen LogP contribution < -0.4 is 19.7 Å². The van der Waals surface area contributed by atoms with Crippen LogP contribution in [0.15, 0.2) is 18.2 Å². The molecule has 8 heteroatoms. The van der Waals surface area contributed by atoms with Crippen molar-refractivity contribution in [1.82, 2.24) is 10.2 Å². The summed E-state index contributed by atoms with van der Waals surface area (Å²) in [5.41, 5.74) is 0.868. The van der Waals surface area contributed by atoms with Gasteiger partial charge in [-0.3, -0.25) is 9.69 Å². The Morgan fingerprint density at radius 2 is 1.93 bits per heavy atom. The van der Waals surface area contributed by atoms with Crippen molar-refractivity contribution in [3.8, 4) is 11.5 Å². The lowest BCUT2D eigenvalue weighted by Gasteiger charge is -2.31. The van der Waals surface area contributed by atoms with E-state index in [1.54, 1.807) is 26.0 Å². The van der Waals surface area contributed by atoms with Crippen molar-refractivity contribution in [3.63, 3.8) is 0 Å². The molecule has 0 radical (unpaired) electrons. The van der Waals surface area contributed by atoms with Crippen LogP contribution in [0.5, 0.6) is 11.5 Å². The van der Waals surface area contributed by atoms with Crippen LogP contribution in [0.4, 0.5) is 4.79 Å². The fraction of sp³-hybridized carbons (Fsp3) is 0.579. The van der Waals surface area contributed by atoms with Crippen LogP contribution in [0.2, 0.25) is 0 Å². The lowest BCUT2D eigenvalue weighted by Crippen LogP contribution is -3.15. The highest BCUT2D eigenvalue weighted by molar-refractivity contribution is 5.77. The zero-order chi connectivity index (χ0) is 19.8. The molecule has 27 heavy (non-hydrogen) atoms. The number of carbonyl (C=O) groups excluding carboxylic acids is 2. The third-order valence-electron chi connectivity index (χ3n) is 4.69. The number of amides is 2. The molecule has 1 aliphatic heterocycles. The maximum Gasteiger partial charge on any atom is 0.410 e. The van der Waals surface area contributed by atoms with Gasteiger partial charge in [-0.15, -0.1) is 0 Å². The average Bonchev–Trinajstić information content (AvgIpc) is 2.68. The summed E-state index contributed by atoms with van der Waals surface area (Å²) < 4.78 is 15.7. The normalized spacial score (nSPS) is 15.8. The number of piperazine rings is 1. The SMILES string of the molecule is CCOC(=O)N1CC[NH+](CC(=O)N[C@H](C)c2cc(OC)ccc2OC)CC1. The van der Waals surface area contributed by atoms with Crippen LogP contribution in [-0.4, -0.2) is 70.5 Å². The molecule has 2 amide bonds. The standard InChI is InChI=1S/C19H29N3O5/c1-5-27-19(24)22-10-8-21(9-11-22)13-18(23)20-14(2)16-12-15(25-3)6-7-17(16)26-4/h6-7,12,14H,5,8-11,13H2,1-4H3,(H,20,23)/p+1/t14-/m1/s1. The Balaban J connectivity index is 1.86. The lowest BCUT2D eigenvalue weighted by molar-refractivity contribution is -0.896. The summed E-state index contributed by atoms with van der Waals surface area (Å²) in [6.45, 7) is 7.10. The number of benzene rings is 1. The molecular formula is C19H30N3O5+. The van der Waals surface area contributed by atoms with Gasteiger partial charge in [0, 0.05) is 5.56 Å². The highest BCUT2D eigenvalue weighted by atomic mass is 16.6. The Morgan fingerprint density at radius 1 is 1.22 bits per heavy atom. The average molecular weight is 380 g/mol. The second-order valence-corrected chi connectivity index (χ2v) is 6.51. The van der Waals surface area contributed by atoms with Crippen LogP contribution in [0.25, 0.3) is 0 Å². The maximum atomic E-state index is 12.5. The van der Waals surface area contributed by atoms with Crippen LogP contribution in [0.3, 0.4) is 0 Å². The topological polar surface area (TPSA) is 81.5 Å². The number of carbonyl (C=O) groups is 2. The molecular weight excluding hydrogens is 350 g/mol. The van der Waals surface area contributed by atoms with Crippen molar-refractivity contribution in [3.05, 3.63) is 23.8 Å². The second-order valence-electron chi connectivity index (χ2n) is 6.51. The summed E-state index contributed by atoms with van der Waals surface area (Å²) in [4.78, 5) is 27.0. The molecule has 0 saturated carbocycles. The van der Waals surface area contributed by atoms with Gasteiger partial charge in [-0.05, 0) is 32.0 Å². The Hall–Kier alpha value is -2.48. The molecule has 2 rings (SSSR count). The van der Waals surface area contributed by atoms with Gasteiger partial charge in [0.05, 0.1) is 53.0 Å². The molecule has 0 aromatic heterocycles. The number of hydrogen-bond donors (Lipinski definition) is 2. The second kappa shape index (κ2) is 10.0. The number of methoxy groups -OCH3 is 2. The van der Waals surface area contributed by atoms with E-state index in [1.807, 2.05) is 25.1 Å². The van der Waals surface area contributed by atoms with E-state index in [-0.39, 0.29) is 18.0 Å². The summed E-state index contributed by atoms with van der Waals surface area (Å²) in [6, 6.07) is 5.32. The van der Waals surface area contributed by atoms with Crippen LogP contribution in [0.1, 0.15) is 25.5 Å². The molecule has 0 bridgehead atoms. The van der Waals surface area contributed by atoms with Gasteiger partial charge < -0.3 is 24.4 Å². The van der Waals surface area contributed by atoms with Crippen molar-refractivity contribution < 1.29 is 28.7 Å². The minimum absolute atomic E-state index is 0.0352. The molecule has 2 N–H and O–H groups in total. The minimum Gasteiger partial charge on any atom is -0.497 e. The molecule has 1 atom stereocenters. The van der Waals surface area contributed by atoms with Crippen molar-refractivity contribution in [2.75, 3.05) is 53.6 Å². The van der Waals surface area contributed by atoms with Crippen molar-refractivity contribution >= 4 is 12.0 Å². The number of rotatable bonds is 7. The zero-order valence-corrected chi connectivity index (χ0v) is 16.5. The predicted octanol–water partition coefficient (Wildman–Crippen LogP) is 0.238. The largest absolute Gasteiger partial charge is 0.497 e. The Kier molecular flexibility index (Phi) is 7.72. The zero-order valence-electron chi connectivity index (χ0n) is 16.5. The van der Waals surface area contributed by atoms with Gasteiger partial charge in [0.25, 0.3) is 5.91 Å². The first-order valence-corrected chi connectivity index (χ1v) is 9.25. The van der Waals surface area contributed by atoms with E-state index >= 15 is 0 Å². The van der Waals surface area contributed by atoms with Crippen LogP contribution in [-0.2, 0) is 9.53 Å². The summed E-state index contributed by atoms with van der Waals surface area (Å²) >= 11 is 0. The van der Waals surface area contributed by atoms with Gasteiger partial charge >= 0.3 is 6.09 Å². The molecule has 8 nitrogen and oxygen atoms in total. The van der Waals surface area contributed by atoms with Gasteiger partial charge in [0.1, 0.15) is 11.5 Å². The lowest BCUT2D eigenvalue weighted by atomic mass is 10.1. The predicted molar refractivity (Wildman–Crippen MR) is 100 cm³/mol. The first-order chi connectivity index (χ1) is 13.0. The first kappa shape index (κ1) is 20.8. The van der Waals surface area contributed by atoms with E-state index < -0.39 is 0 Å². The summed E-state index contributed by atoms with van der Waals surface area (Å²) in [7, 11) is 3.21. The van der Waals surface area contributed by atoms with E-state index in [0.717, 1.165) is 23.6 Å². The first-order valence-electron chi connectivity index (χ1n) is 9.25. The van der Waals surface area contributed by atoms with E-state index in [0.29, 0.717) is 37.7 Å². The Morgan fingerprint density at radius 3 is 2.52 bits per heavy atom. The van der Waals surface area contributed by atoms with Crippen molar-refractivity contribution in [2.24, 2.45) is 0 Å². The molecule has 1 fully saturated rings. The number of ether oxygens (including phenoxy) is 3. The quantitative estimate of drug-likeness (QED) is 0.708. The molecule has 0 aliphatic carbocycles. The molecule has 1 aliphatic rings. The minimum atomic E-state index is -0.278. The fourth-order valence-electron chi connectivity index (χ4n) is 3.17. The molecule has 0 unspecified atom stereocenters. The van der Waals surface area contributed by atoms with E-state index in [1.165, 1.54) is 0 Å². The Bertz CT molecular complexity index is 644. The van der Waals surface area contributed by atoms with Crippen LogP contribution in [0, 0.1) is 0 Å². The number of nitrogens with one attached hydrogen (secondary N) is 2. The molecule has 150 valence electrons. The van der Waals surface area contributed by atoms with Gasteiger partial charge in [0.2, 0.25) is 0 Å². The fourth-order valence-corrected chi connectivity index (χ4v) is 3.17. The highest BCUT2D eigenvalue weighted by Gasteiger charge is 2.26. The monoisotopic (exact) mass is 380 g/mol. The molecule has 1 saturated heterocycles. The molecule has 0 spiro atoms. The summed E-state index contributed by atoms with van der Waals surface area (Å²) in [5.74, 6) is 1.39. The van der Waals surface area contributed by atoms with Crippen molar-refractivity contribution in [1.29, 1.82) is 0 Å². The maximum absolute atomic E-state index is 12.5. The van der Waals surface area contributed by atoms with E-state index in [2.05, 4.69) is 5.32 Å². The third kappa shape index (κ3) is 5.75. The van der Waals surface area contributed by atoms with Gasteiger partial charge in [0.15, 0.2) is 6.54 Å². The third-order valence-corrected chi connectivity index (χ3v) is 4.69. The van der Waals surface area contributed by atoms with Gasteiger partial charge in [-0.1, -0.05) is 0 Å². The molecule has 1 aromatic carbocycles. The van der Waals surface area contributed by atoms with Gasteiger partial charge in [-0.25, -0.2) is 4.79 Å². The highest BCUT2D eigenvalue weighted by Crippen LogP contribution is 2.29. The number of nitrogens with zero attached hydrogens (tertiary/aromatic N) is 1. The number of hydrogen-bond acceptors (Lipinski definition) is 5. The van der Waals surface area contributed by atoms with Gasteiger partial charge in [-0.2, -0.15) is 0 Å². The molecule has 1 heterocycles. The Labute approximate surface area is 160 Å². The van der Waals surface area contributed by atoms with Crippen molar-refractivity contribution in [2.45, 2.75) is 19.9 Å². The number of quaternary nitrogens is 1. The van der Waals surface area contributed by atoms with E-state index in [4.69, 9.17) is 14.2 Å². The summed E-state index contributed by atoms with van der Waals surface area (Å²) in [5, 5.41) is 3.02. The molecule has 1 aromatic rings. The smallest absolute Gasteiger partial charge is 0.410 e. The van der Waals surface area contributed by atoms with E-state index in [9.17, 15) is 9.59 Å². The van der Waals surface area contributed by atoms with Crippen LogP contribution >= 0.6 is 0 Å².